The Balaban J connectivity index is 1.71. The number of hydrogen-bond acceptors (Lipinski definition) is 3. The zero-order valence-electron chi connectivity index (χ0n) is 12.2. The van der Waals surface area contributed by atoms with E-state index >= 15 is 0 Å². The van der Waals surface area contributed by atoms with E-state index in [1.807, 2.05) is 0 Å². The predicted molar refractivity (Wildman–Crippen MR) is 79.4 cm³/mol. The second-order valence-electron chi connectivity index (χ2n) is 6.14. The molecular formula is C16H25N3. The fourth-order valence-electron chi connectivity index (χ4n) is 2.95. The lowest BCUT2D eigenvalue weighted by atomic mass is 10.1. The Hall–Kier alpha value is -1.09. The van der Waals surface area contributed by atoms with Crippen molar-refractivity contribution in [2.45, 2.75) is 52.1 Å². The summed E-state index contributed by atoms with van der Waals surface area (Å²) >= 11 is 0. The van der Waals surface area contributed by atoms with Crippen molar-refractivity contribution in [2.75, 3.05) is 18.0 Å². The van der Waals surface area contributed by atoms with Crippen LogP contribution < -0.4 is 10.2 Å². The molecule has 3 rings (SSSR count). The Kier molecular flexibility index (Phi) is 3.74. The molecule has 1 saturated carbocycles. The van der Waals surface area contributed by atoms with Crippen LogP contribution in [0.15, 0.2) is 12.1 Å². The topological polar surface area (TPSA) is 28.2 Å². The minimum atomic E-state index is 0.646. The monoisotopic (exact) mass is 259 g/mol. The molecule has 1 saturated heterocycles. The number of hydrogen-bond donors (Lipinski definition) is 1. The van der Waals surface area contributed by atoms with E-state index in [0.717, 1.165) is 18.2 Å². The first-order valence-corrected chi connectivity index (χ1v) is 7.69. The van der Waals surface area contributed by atoms with Crippen LogP contribution >= 0.6 is 0 Å². The third-order valence-electron chi connectivity index (χ3n) is 4.44. The van der Waals surface area contributed by atoms with Crippen molar-refractivity contribution >= 4 is 5.82 Å². The zero-order chi connectivity index (χ0) is 13.2. The fourth-order valence-corrected chi connectivity index (χ4v) is 2.95. The number of anilines is 1. The molecule has 1 N–H and O–H groups in total. The van der Waals surface area contributed by atoms with Crippen LogP contribution in [0.25, 0.3) is 0 Å². The van der Waals surface area contributed by atoms with Gasteiger partial charge in [0.1, 0.15) is 5.82 Å². The maximum atomic E-state index is 4.78. The van der Waals surface area contributed by atoms with E-state index in [1.165, 1.54) is 50.2 Å². The quantitative estimate of drug-likeness (QED) is 0.881. The summed E-state index contributed by atoms with van der Waals surface area (Å²) in [7, 11) is 0. The second kappa shape index (κ2) is 5.49. The van der Waals surface area contributed by atoms with Gasteiger partial charge in [-0.25, -0.2) is 4.98 Å². The highest BCUT2D eigenvalue weighted by atomic mass is 15.2. The van der Waals surface area contributed by atoms with Crippen LogP contribution in [0, 0.1) is 12.8 Å². The van der Waals surface area contributed by atoms with Crippen molar-refractivity contribution in [3.05, 3.63) is 23.4 Å². The molecule has 2 heterocycles. The van der Waals surface area contributed by atoms with Crippen LogP contribution in [0.2, 0.25) is 0 Å². The van der Waals surface area contributed by atoms with Crippen molar-refractivity contribution in [1.29, 1.82) is 0 Å². The molecule has 19 heavy (non-hydrogen) atoms. The van der Waals surface area contributed by atoms with Gasteiger partial charge in [0.15, 0.2) is 0 Å². The second-order valence-corrected chi connectivity index (χ2v) is 6.14. The van der Waals surface area contributed by atoms with E-state index < -0.39 is 0 Å². The number of nitrogens with one attached hydrogen (secondary N) is 1. The van der Waals surface area contributed by atoms with Gasteiger partial charge in [-0.15, -0.1) is 0 Å². The number of rotatable bonds is 5. The van der Waals surface area contributed by atoms with Crippen LogP contribution in [0.3, 0.4) is 0 Å². The Morgan fingerprint density at radius 2 is 2.05 bits per heavy atom. The third kappa shape index (κ3) is 3.08. The lowest BCUT2D eigenvalue weighted by molar-refractivity contribution is 0.495. The average molecular weight is 259 g/mol. The Labute approximate surface area is 116 Å². The first-order chi connectivity index (χ1) is 9.24. The molecule has 0 radical (unpaired) electrons. The Morgan fingerprint density at radius 1 is 1.32 bits per heavy atom. The largest absolute Gasteiger partial charge is 0.356 e. The molecule has 0 bridgehead atoms. The van der Waals surface area contributed by atoms with Crippen LogP contribution in [-0.4, -0.2) is 24.1 Å². The highest BCUT2D eigenvalue weighted by Gasteiger charge is 2.27. The van der Waals surface area contributed by atoms with Gasteiger partial charge in [0.25, 0.3) is 0 Å². The molecule has 0 amide bonds. The molecule has 2 aliphatic rings. The molecule has 1 aliphatic heterocycles. The third-order valence-corrected chi connectivity index (χ3v) is 4.44. The summed E-state index contributed by atoms with van der Waals surface area (Å²) in [6.07, 6.45) is 5.42. The van der Waals surface area contributed by atoms with Gasteiger partial charge in [0.05, 0.1) is 0 Å². The van der Waals surface area contributed by atoms with E-state index in [1.54, 1.807) is 0 Å². The summed E-state index contributed by atoms with van der Waals surface area (Å²) < 4.78 is 0. The molecule has 0 unspecified atom stereocenters. The molecular weight excluding hydrogens is 234 g/mol. The lowest BCUT2D eigenvalue weighted by Gasteiger charge is -2.22. The summed E-state index contributed by atoms with van der Waals surface area (Å²) in [5, 5.41) is 3.68. The van der Waals surface area contributed by atoms with E-state index in [9.17, 15) is 0 Å². The van der Waals surface area contributed by atoms with Gasteiger partial charge in [-0.3, -0.25) is 0 Å². The van der Waals surface area contributed by atoms with Gasteiger partial charge in [-0.1, -0.05) is 6.07 Å². The molecule has 104 valence electrons. The molecule has 1 aromatic heterocycles. The molecule has 0 spiro atoms. The smallest absolute Gasteiger partial charge is 0.133 e. The number of aromatic nitrogens is 1. The molecule has 1 aromatic rings. The minimum Gasteiger partial charge on any atom is -0.356 e. The Bertz CT molecular complexity index is 434. The fraction of sp³-hybridized carbons (Fsp3) is 0.688. The minimum absolute atomic E-state index is 0.646. The average Bonchev–Trinajstić information content (AvgIpc) is 3.12. The first kappa shape index (κ1) is 12.9. The Morgan fingerprint density at radius 3 is 2.74 bits per heavy atom. The number of aryl methyl sites for hydroxylation is 1. The van der Waals surface area contributed by atoms with Gasteiger partial charge in [-0.2, -0.15) is 0 Å². The molecule has 2 fully saturated rings. The van der Waals surface area contributed by atoms with Crippen molar-refractivity contribution in [2.24, 2.45) is 5.92 Å². The summed E-state index contributed by atoms with van der Waals surface area (Å²) in [5.74, 6) is 2.13. The van der Waals surface area contributed by atoms with Crippen LogP contribution in [-0.2, 0) is 6.54 Å². The number of pyridine rings is 1. The van der Waals surface area contributed by atoms with E-state index in [-0.39, 0.29) is 0 Å². The zero-order valence-corrected chi connectivity index (χ0v) is 12.2. The predicted octanol–water partition coefficient (Wildman–Crippen LogP) is 2.88. The molecule has 1 aliphatic carbocycles. The highest BCUT2D eigenvalue weighted by Crippen LogP contribution is 2.32. The van der Waals surface area contributed by atoms with Crippen molar-refractivity contribution in [1.82, 2.24) is 10.3 Å². The summed E-state index contributed by atoms with van der Waals surface area (Å²) in [4.78, 5) is 7.23. The van der Waals surface area contributed by atoms with Crippen LogP contribution in [0.1, 0.15) is 43.9 Å². The van der Waals surface area contributed by atoms with Crippen LogP contribution in [0.4, 0.5) is 5.82 Å². The normalized spacial score (nSPS) is 20.8. The SMILES string of the molecule is Cc1ccc(CN[C@@H](C)C2CC2)c(N2CCCC2)n1. The van der Waals surface area contributed by atoms with E-state index in [2.05, 4.69) is 36.2 Å². The highest BCUT2D eigenvalue weighted by molar-refractivity contribution is 5.48. The molecule has 0 aromatic carbocycles. The molecule has 3 nitrogen and oxygen atoms in total. The van der Waals surface area contributed by atoms with E-state index in [0.29, 0.717) is 6.04 Å². The van der Waals surface area contributed by atoms with Gasteiger partial charge >= 0.3 is 0 Å². The maximum absolute atomic E-state index is 4.78. The van der Waals surface area contributed by atoms with Gasteiger partial charge in [0.2, 0.25) is 0 Å². The summed E-state index contributed by atoms with van der Waals surface area (Å²) in [6, 6.07) is 5.04. The molecule has 3 heteroatoms. The van der Waals surface area contributed by atoms with E-state index in [4.69, 9.17) is 4.98 Å². The van der Waals surface area contributed by atoms with Crippen molar-refractivity contribution < 1.29 is 0 Å². The van der Waals surface area contributed by atoms with Crippen molar-refractivity contribution in [3.8, 4) is 0 Å². The lowest BCUT2D eigenvalue weighted by Crippen LogP contribution is -2.29. The van der Waals surface area contributed by atoms with Gasteiger partial charge in [-0.05, 0) is 51.5 Å². The molecule has 1 atom stereocenters. The summed E-state index contributed by atoms with van der Waals surface area (Å²) in [6.45, 7) is 7.69. The summed E-state index contributed by atoms with van der Waals surface area (Å²) in [5.41, 5.74) is 2.49. The number of nitrogens with zero attached hydrogens (tertiary/aromatic N) is 2. The standard InChI is InChI=1S/C16H25N3/c1-12-5-6-15(11-17-13(2)14-7-8-14)16(18-12)19-9-3-4-10-19/h5-6,13-14,17H,3-4,7-11H2,1-2H3/t13-/m0/s1. The van der Waals surface area contributed by atoms with Gasteiger partial charge in [0, 0.05) is 36.9 Å². The van der Waals surface area contributed by atoms with Crippen molar-refractivity contribution in [3.63, 3.8) is 0 Å². The first-order valence-electron chi connectivity index (χ1n) is 7.69. The maximum Gasteiger partial charge on any atom is 0.133 e. The van der Waals surface area contributed by atoms with Crippen LogP contribution in [0.5, 0.6) is 0 Å². The van der Waals surface area contributed by atoms with Gasteiger partial charge < -0.3 is 10.2 Å².